The highest BCUT2D eigenvalue weighted by atomic mass is 19.4. The molecular formula is C12H23F3N2. The summed E-state index contributed by atoms with van der Waals surface area (Å²) in [6, 6.07) is 0.606. The fourth-order valence-electron chi connectivity index (χ4n) is 2.29. The van der Waals surface area contributed by atoms with E-state index in [2.05, 4.69) is 19.2 Å². The van der Waals surface area contributed by atoms with Crippen LogP contribution in [0, 0.1) is 5.92 Å². The molecule has 1 aliphatic rings. The Balaban J connectivity index is 2.44. The van der Waals surface area contributed by atoms with Crippen LogP contribution in [-0.4, -0.2) is 42.8 Å². The standard InChI is InChI=1S/C12H23F3N2/c1-4-11(7-16-9(2)3)17-6-5-10(8-17)12(13,14)15/h9-11,16H,4-8H2,1-3H3. The molecule has 0 radical (unpaired) electrons. The van der Waals surface area contributed by atoms with E-state index in [9.17, 15) is 13.2 Å². The van der Waals surface area contributed by atoms with Crippen LogP contribution in [0.4, 0.5) is 13.2 Å². The SMILES string of the molecule is CCC(CNC(C)C)N1CCC(C(F)(F)F)C1. The Kier molecular flexibility index (Phi) is 5.25. The predicted molar refractivity (Wildman–Crippen MR) is 63.0 cm³/mol. The summed E-state index contributed by atoms with van der Waals surface area (Å²) in [7, 11) is 0. The van der Waals surface area contributed by atoms with Crippen molar-refractivity contribution in [2.45, 2.75) is 51.9 Å². The number of likely N-dealkylation sites (tertiary alicyclic amines) is 1. The summed E-state index contributed by atoms with van der Waals surface area (Å²) in [6.45, 7) is 7.65. The number of nitrogens with one attached hydrogen (secondary N) is 1. The van der Waals surface area contributed by atoms with Gasteiger partial charge in [-0.2, -0.15) is 13.2 Å². The minimum atomic E-state index is -4.03. The van der Waals surface area contributed by atoms with Gasteiger partial charge in [-0.1, -0.05) is 20.8 Å². The van der Waals surface area contributed by atoms with Crippen LogP contribution in [0.2, 0.25) is 0 Å². The number of alkyl halides is 3. The van der Waals surface area contributed by atoms with Gasteiger partial charge in [0.25, 0.3) is 0 Å². The van der Waals surface area contributed by atoms with E-state index in [1.54, 1.807) is 0 Å². The lowest BCUT2D eigenvalue weighted by Crippen LogP contribution is -2.43. The molecule has 0 saturated carbocycles. The highest BCUT2D eigenvalue weighted by molar-refractivity contribution is 4.85. The van der Waals surface area contributed by atoms with Gasteiger partial charge in [0.15, 0.2) is 0 Å². The monoisotopic (exact) mass is 252 g/mol. The second-order valence-electron chi connectivity index (χ2n) is 5.15. The molecule has 5 heteroatoms. The van der Waals surface area contributed by atoms with E-state index in [0.29, 0.717) is 12.6 Å². The molecule has 0 spiro atoms. The number of hydrogen-bond acceptors (Lipinski definition) is 2. The zero-order chi connectivity index (χ0) is 13.1. The molecule has 2 nitrogen and oxygen atoms in total. The normalized spacial score (nSPS) is 24.5. The fourth-order valence-corrected chi connectivity index (χ4v) is 2.29. The molecule has 1 rings (SSSR count). The van der Waals surface area contributed by atoms with Crippen molar-refractivity contribution in [2.75, 3.05) is 19.6 Å². The highest BCUT2D eigenvalue weighted by Gasteiger charge is 2.44. The summed E-state index contributed by atoms with van der Waals surface area (Å²) in [6.07, 6.45) is -2.88. The first kappa shape index (κ1) is 14.8. The fraction of sp³-hybridized carbons (Fsp3) is 1.00. The predicted octanol–water partition coefficient (Wildman–Crippen LogP) is 2.65. The van der Waals surface area contributed by atoms with Crippen molar-refractivity contribution in [1.29, 1.82) is 0 Å². The Bertz CT molecular complexity index is 228. The average molecular weight is 252 g/mol. The van der Waals surface area contributed by atoms with Gasteiger partial charge in [0.1, 0.15) is 0 Å². The second kappa shape index (κ2) is 6.05. The summed E-state index contributed by atoms with van der Waals surface area (Å²) >= 11 is 0. The number of hydrogen-bond donors (Lipinski definition) is 1. The lowest BCUT2D eigenvalue weighted by molar-refractivity contribution is -0.170. The van der Waals surface area contributed by atoms with E-state index in [0.717, 1.165) is 13.0 Å². The summed E-state index contributed by atoms with van der Waals surface area (Å²) in [5.74, 6) is -1.13. The first-order chi connectivity index (χ1) is 7.84. The third kappa shape index (κ3) is 4.47. The van der Waals surface area contributed by atoms with Gasteiger partial charge in [-0.25, -0.2) is 0 Å². The Hall–Kier alpha value is -0.290. The summed E-state index contributed by atoms with van der Waals surface area (Å²) in [5.41, 5.74) is 0. The third-order valence-corrected chi connectivity index (χ3v) is 3.43. The molecule has 0 aliphatic carbocycles. The lowest BCUT2D eigenvalue weighted by Gasteiger charge is -2.28. The van der Waals surface area contributed by atoms with Crippen LogP contribution in [0.3, 0.4) is 0 Å². The van der Waals surface area contributed by atoms with Crippen LogP contribution < -0.4 is 5.32 Å². The zero-order valence-electron chi connectivity index (χ0n) is 10.8. The summed E-state index contributed by atoms with van der Waals surface area (Å²) in [5, 5.41) is 3.30. The van der Waals surface area contributed by atoms with E-state index in [1.807, 2.05) is 11.8 Å². The van der Waals surface area contributed by atoms with Crippen LogP contribution in [-0.2, 0) is 0 Å². The molecule has 17 heavy (non-hydrogen) atoms. The van der Waals surface area contributed by atoms with Crippen molar-refractivity contribution in [3.63, 3.8) is 0 Å². The molecule has 0 aromatic rings. The van der Waals surface area contributed by atoms with Gasteiger partial charge in [0, 0.05) is 25.2 Å². The number of nitrogens with zero attached hydrogens (tertiary/aromatic N) is 1. The average Bonchev–Trinajstić information content (AvgIpc) is 2.67. The van der Waals surface area contributed by atoms with Crippen LogP contribution in [0.15, 0.2) is 0 Å². The van der Waals surface area contributed by atoms with Gasteiger partial charge in [0.2, 0.25) is 0 Å². The van der Waals surface area contributed by atoms with Gasteiger partial charge >= 0.3 is 6.18 Å². The summed E-state index contributed by atoms with van der Waals surface area (Å²) < 4.78 is 37.7. The van der Waals surface area contributed by atoms with Crippen LogP contribution in [0.1, 0.15) is 33.6 Å². The topological polar surface area (TPSA) is 15.3 Å². The molecule has 2 unspecified atom stereocenters. The Labute approximate surface area is 102 Å². The van der Waals surface area contributed by atoms with Crippen molar-refractivity contribution in [3.05, 3.63) is 0 Å². The Morgan fingerprint density at radius 3 is 2.41 bits per heavy atom. The quantitative estimate of drug-likeness (QED) is 0.809. The first-order valence-corrected chi connectivity index (χ1v) is 6.38. The molecule has 1 heterocycles. The molecule has 1 aliphatic heterocycles. The molecule has 0 bridgehead atoms. The van der Waals surface area contributed by atoms with Crippen molar-refractivity contribution in [1.82, 2.24) is 10.2 Å². The largest absolute Gasteiger partial charge is 0.393 e. The van der Waals surface area contributed by atoms with Crippen LogP contribution >= 0.6 is 0 Å². The molecule has 102 valence electrons. The van der Waals surface area contributed by atoms with Crippen molar-refractivity contribution in [2.24, 2.45) is 5.92 Å². The van der Waals surface area contributed by atoms with Gasteiger partial charge in [0.05, 0.1) is 5.92 Å². The molecular weight excluding hydrogens is 229 g/mol. The molecule has 1 N–H and O–H groups in total. The Morgan fingerprint density at radius 2 is 2.00 bits per heavy atom. The van der Waals surface area contributed by atoms with E-state index in [4.69, 9.17) is 0 Å². The maximum Gasteiger partial charge on any atom is 0.393 e. The van der Waals surface area contributed by atoms with Crippen molar-refractivity contribution < 1.29 is 13.2 Å². The molecule has 0 amide bonds. The van der Waals surface area contributed by atoms with E-state index < -0.39 is 12.1 Å². The molecule has 0 aromatic carbocycles. The second-order valence-corrected chi connectivity index (χ2v) is 5.15. The van der Waals surface area contributed by atoms with Gasteiger partial charge in [-0.3, -0.25) is 4.90 Å². The van der Waals surface area contributed by atoms with Gasteiger partial charge in [-0.05, 0) is 19.4 Å². The Morgan fingerprint density at radius 1 is 1.35 bits per heavy atom. The maximum atomic E-state index is 12.6. The van der Waals surface area contributed by atoms with Crippen LogP contribution in [0.25, 0.3) is 0 Å². The summed E-state index contributed by atoms with van der Waals surface area (Å²) in [4.78, 5) is 1.98. The maximum absolute atomic E-state index is 12.6. The minimum Gasteiger partial charge on any atom is -0.313 e. The molecule has 0 aromatic heterocycles. The number of halogens is 3. The number of rotatable bonds is 5. The molecule has 1 fully saturated rings. The minimum absolute atomic E-state index is 0.168. The van der Waals surface area contributed by atoms with Crippen LogP contribution in [0.5, 0.6) is 0 Å². The smallest absolute Gasteiger partial charge is 0.313 e. The van der Waals surface area contributed by atoms with E-state index >= 15 is 0 Å². The van der Waals surface area contributed by atoms with Crippen molar-refractivity contribution in [3.8, 4) is 0 Å². The van der Waals surface area contributed by atoms with E-state index in [1.165, 1.54) is 0 Å². The molecule has 1 saturated heterocycles. The van der Waals surface area contributed by atoms with Gasteiger partial charge in [-0.15, -0.1) is 0 Å². The van der Waals surface area contributed by atoms with Gasteiger partial charge < -0.3 is 5.32 Å². The first-order valence-electron chi connectivity index (χ1n) is 6.38. The highest BCUT2D eigenvalue weighted by Crippen LogP contribution is 2.34. The van der Waals surface area contributed by atoms with E-state index in [-0.39, 0.29) is 19.0 Å². The molecule has 2 atom stereocenters. The third-order valence-electron chi connectivity index (χ3n) is 3.43. The van der Waals surface area contributed by atoms with Crippen molar-refractivity contribution >= 4 is 0 Å². The lowest BCUT2D eigenvalue weighted by atomic mass is 10.1. The zero-order valence-corrected chi connectivity index (χ0v) is 10.8.